The normalized spacial score (nSPS) is 13.9. The van der Waals surface area contributed by atoms with Gasteiger partial charge in [-0.05, 0) is 72.6 Å². The van der Waals surface area contributed by atoms with Gasteiger partial charge >= 0.3 is 0 Å². The van der Waals surface area contributed by atoms with Gasteiger partial charge < -0.3 is 19.9 Å². The average molecular weight is 475 g/mol. The van der Waals surface area contributed by atoms with E-state index in [-0.39, 0.29) is 24.8 Å². The Morgan fingerprint density at radius 2 is 1.97 bits per heavy atom. The summed E-state index contributed by atoms with van der Waals surface area (Å²) in [6.07, 6.45) is 0.224. The zero-order valence-electron chi connectivity index (χ0n) is 18.6. The number of halogens is 1. The first-order valence-corrected chi connectivity index (χ1v) is 11.4. The summed E-state index contributed by atoms with van der Waals surface area (Å²) >= 11 is 5.97. The van der Waals surface area contributed by atoms with E-state index >= 15 is 0 Å². The second-order valence-electron chi connectivity index (χ2n) is 8.27. The Hall–Kier alpha value is -3.68. The number of amides is 2. The van der Waals surface area contributed by atoms with E-state index < -0.39 is 0 Å². The number of carbonyl (C=O) groups excluding carboxylic acids is 2. The van der Waals surface area contributed by atoms with E-state index in [1.165, 1.54) is 0 Å². The Kier molecular flexibility index (Phi) is 6.04. The number of aromatic amines is 1. The molecule has 5 rings (SSSR count). The summed E-state index contributed by atoms with van der Waals surface area (Å²) < 4.78 is 5.20. The van der Waals surface area contributed by atoms with Crippen LogP contribution in [0.25, 0.3) is 22.4 Å². The standard InChI is InChI=1S/C26H23ClN4O3/c1-16-12-20(7-9-23(16)31-10-11-34-15-25(31)33)28-24(32)14-17-2-8-21-22(13-17)30-26(29-21)18-3-5-19(27)6-4-18/h2-9,12-13H,10-11,14-15H2,1H3,(H,28,32)(H,29,30). The number of nitrogens with one attached hydrogen (secondary N) is 2. The van der Waals surface area contributed by atoms with Gasteiger partial charge in [0.2, 0.25) is 5.91 Å². The SMILES string of the molecule is Cc1cc(NC(=O)Cc2ccc3[nH]c(-c4ccc(Cl)cc4)nc3c2)ccc1N1CCOCC1=O. The van der Waals surface area contributed by atoms with E-state index in [9.17, 15) is 9.59 Å². The molecule has 1 aromatic heterocycles. The quantitative estimate of drug-likeness (QED) is 0.437. The lowest BCUT2D eigenvalue weighted by Crippen LogP contribution is -2.42. The van der Waals surface area contributed by atoms with Crippen LogP contribution in [-0.4, -0.2) is 41.5 Å². The number of ether oxygens (including phenoxy) is 1. The first kappa shape index (κ1) is 22.1. The highest BCUT2D eigenvalue weighted by atomic mass is 35.5. The second-order valence-corrected chi connectivity index (χ2v) is 8.70. The first-order chi connectivity index (χ1) is 16.5. The summed E-state index contributed by atoms with van der Waals surface area (Å²) in [7, 11) is 0. The van der Waals surface area contributed by atoms with Crippen molar-refractivity contribution in [2.75, 3.05) is 30.0 Å². The van der Waals surface area contributed by atoms with Crippen LogP contribution in [0, 0.1) is 6.92 Å². The maximum atomic E-state index is 12.7. The molecule has 172 valence electrons. The molecule has 0 bridgehead atoms. The van der Waals surface area contributed by atoms with E-state index in [0.717, 1.165) is 39.2 Å². The highest BCUT2D eigenvalue weighted by Crippen LogP contribution is 2.26. The molecule has 2 heterocycles. The molecule has 2 amide bonds. The maximum Gasteiger partial charge on any atom is 0.253 e. The third-order valence-corrected chi connectivity index (χ3v) is 6.04. The number of morpholine rings is 1. The van der Waals surface area contributed by atoms with E-state index in [1.807, 2.05) is 67.6 Å². The summed E-state index contributed by atoms with van der Waals surface area (Å²) in [4.78, 5) is 34.5. The van der Waals surface area contributed by atoms with Crippen molar-refractivity contribution in [1.29, 1.82) is 0 Å². The van der Waals surface area contributed by atoms with Crippen LogP contribution in [0.5, 0.6) is 0 Å². The van der Waals surface area contributed by atoms with E-state index in [0.29, 0.717) is 23.9 Å². The van der Waals surface area contributed by atoms with Gasteiger partial charge in [-0.1, -0.05) is 17.7 Å². The number of anilines is 2. The molecule has 8 heteroatoms. The van der Waals surface area contributed by atoms with Crippen molar-refractivity contribution in [3.8, 4) is 11.4 Å². The van der Waals surface area contributed by atoms with Gasteiger partial charge in [0.15, 0.2) is 0 Å². The van der Waals surface area contributed by atoms with Crippen molar-refractivity contribution < 1.29 is 14.3 Å². The third-order valence-electron chi connectivity index (χ3n) is 5.79. The van der Waals surface area contributed by atoms with Crippen molar-refractivity contribution >= 4 is 45.8 Å². The van der Waals surface area contributed by atoms with Crippen LogP contribution >= 0.6 is 11.6 Å². The maximum absolute atomic E-state index is 12.7. The summed E-state index contributed by atoms with van der Waals surface area (Å²) in [5, 5.41) is 3.62. The summed E-state index contributed by atoms with van der Waals surface area (Å²) in [5.74, 6) is 0.573. The molecule has 1 fully saturated rings. The molecule has 0 unspecified atom stereocenters. The molecule has 7 nitrogen and oxygen atoms in total. The number of fused-ring (bicyclic) bond motifs is 1. The molecule has 0 atom stereocenters. The van der Waals surface area contributed by atoms with E-state index in [4.69, 9.17) is 16.3 Å². The number of rotatable bonds is 5. The molecule has 0 spiro atoms. The van der Waals surface area contributed by atoms with Crippen molar-refractivity contribution in [3.05, 3.63) is 76.8 Å². The molecule has 4 aromatic rings. The number of nitrogens with zero attached hydrogens (tertiary/aromatic N) is 2. The summed E-state index contributed by atoms with van der Waals surface area (Å²) in [6, 6.07) is 18.8. The highest BCUT2D eigenvalue weighted by Gasteiger charge is 2.21. The molecule has 34 heavy (non-hydrogen) atoms. The second kappa shape index (κ2) is 9.29. The fraction of sp³-hybridized carbons (Fsp3) is 0.192. The lowest BCUT2D eigenvalue weighted by molar-refractivity contribution is -0.125. The number of aryl methyl sites for hydroxylation is 1. The van der Waals surface area contributed by atoms with Gasteiger partial charge in [0, 0.05) is 28.5 Å². The number of carbonyl (C=O) groups is 2. The number of hydrogen-bond donors (Lipinski definition) is 2. The van der Waals surface area contributed by atoms with Gasteiger partial charge in [-0.15, -0.1) is 0 Å². The van der Waals surface area contributed by atoms with Crippen molar-refractivity contribution in [2.24, 2.45) is 0 Å². The summed E-state index contributed by atoms with van der Waals surface area (Å²) in [5.41, 5.74) is 5.96. The molecule has 2 N–H and O–H groups in total. The van der Waals surface area contributed by atoms with Crippen LogP contribution in [0.15, 0.2) is 60.7 Å². The predicted octanol–water partition coefficient (Wildman–Crippen LogP) is 4.74. The topological polar surface area (TPSA) is 87.3 Å². The van der Waals surface area contributed by atoms with Gasteiger partial charge in [0.25, 0.3) is 5.91 Å². The number of H-pyrrole nitrogens is 1. The minimum Gasteiger partial charge on any atom is -0.370 e. The largest absolute Gasteiger partial charge is 0.370 e. The van der Waals surface area contributed by atoms with Crippen molar-refractivity contribution in [2.45, 2.75) is 13.3 Å². The van der Waals surface area contributed by atoms with Crippen LogP contribution in [-0.2, 0) is 20.7 Å². The lowest BCUT2D eigenvalue weighted by Gasteiger charge is -2.28. The Morgan fingerprint density at radius 3 is 2.74 bits per heavy atom. The number of benzene rings is 3. The molecular formula is C26H23ClN4O3. The van der Waals surface area contributed by atoms with Crippen LogP contribution in [0.1, 0.15) is 11.1 Å². The Bertz CT molecular complexity index is 1380. The van der Waals surface area contributed by atoms with Crippen LogP contribution in [0.4, 0.5) is 11.4 Å². The van der Waals surface area contributed by atoms with Gasteiger partial charge in [0.1, 0.15) is 12.4 Å². The fourth-order valence-corrected chi connectivity index (χ4v) is 4.23. The Morgan fingerprint density at radius 1 is 1.15 bits per heavy atom. The van der Waals surface area contributed by atoms with Gasteiger partial charge in [-0.25, -0.2) is 4.98 Å². The van der Waals surface area contributed by atoms with Crippen LogP contribution < -0.4 is 10.2 Å². The Labute approximate surface area is 201 Å². The number of imidazole rings is 1. The van der Waals surface area contributed by atoms with Crippen molar-refractivity contribution in [3.63, 3.8) is 0 Å². The van der Waals surface area contributed by atoms with Crippen molar-refractivity contribution in [1.82, 2.24) is 9.97 Å². The monoisotopic (exact) mass is 474 g/mol. The first-order valence-electron chi connectivity index (χ1n) is 11.0. The molecule has 1 aliphatic rings. The van der Waals surface area contributed by atoms with Gasteiger partial charge in [-0.3, -0.25) is 9.59 Å². The third kappa shape index (κ3) is 4.66. The molecule has 0 radical (unpaired) electrons. The number of aromatic nitrogens is 2. The zero-order valence-corrected chi connectivity index (χ0v) is 19.4. The van der Waals surface area contributed by atoms with Gasteiger partial charge in [0.05, 0.1) is 24.1 Å². The van der Waals surface area contributed by atoms with Crippen LogP contribution in [0.3, 0.4) is 0 Å². The lowest BCUT2D eigenvalue weighted by atomic mass is 10.1. The molecule has 3 aromatic carbocycles. The molecule has 1 aliphatic heterocycles. The molecule has 1 saturated heterocycles. The highest BCUT2D eigenvalue weighted by molar-refractivity contribution is 6.30. The average Bonchev–Trinajstić information content (AvgIpc) is 3.24. The predicted molar refractivity (Wildman–Crippen MR) is 133 cm³/mol. The smallest absolute Gasteiger partial charge is 0.253 e. The zero-order chi connectivity index (χ0) is 23.7. The van der Waals surface area contributed by atoms with Crippen LogP contribution in [0.2, 0.25) is 5.02 Å². The van der Waals surface area contributed by atoms with E-state index in [2.05, 4.69) is 15.3 Å². The molecular weight excluding hydrogens is 452 g/mol. The van der Waals surface area contributed by atoms with E-state index in [1.54, 1.807) is 4.90 Å². The minimum absolute atomic E-state index is 0.0564. The minimum atomic E-state index is -0.123. The Balaban J connectivity index is 1.27. The number of hydrogen-bond acceptors (Lipinski definition) is 4. The molecule has 0 saturated carbocycles. The van der Waals surface area contributed by atoms with Gasteiger partial charge in [-0.2, -0.15) is 0 Å². The fourth-order valence-electron chi connectivity index (χ4n) is 4.11. The summed E-state index contributed by atoms with van der Waals surface area (Å²) in [6.45, 7) is 3.07. The molecule has 0 aliphatic carbocycles.